The fourth-order valence-corrected chi connectivity index (χ4v) is 6.68. The SMILES string of the molecule is c1ccc(-n2c3ccccc3c3cc4c5ccccc5n(-c5cccc(-c6cccc7ccccc67)n5)c4cc32)cc1. The van der Waals surface area contributed by atoms with Crippen LogP contribution in [0.15, 0.2) is 152 Å². The summed E-state index contributed by atoms with van der Waals surface area (Å²) in [6.45, 7) is 0. The van der Waals surface area contributed by atoms with E-state index >= 15 is 0 Å². The van der Waals surface area contributed by atoms with Gasteiger partial charge in [0, 0.05) is 32.8 Å². The maximum atomic E-state index is 5.30. The fraction of sp³-hybridized carbons (Fsp3) is 0. The molecule has 0 saturated heterocycles. The van der Waals surface area contributed by atoms with Crippen LogP contribution in [0.1, 0.15) is 0 Å². The lowest BCUT2D eigenvalue weighted by molar-refractivity contribution is 1.08. The van der Waals surface area contributed by atoms with E-state index < -0.39 is 0 Å². The van der Waals surface area contributed by atoms with Gasteiger partial charge in [-0.1, -0.05) is 103 Å². The van der Waals surface area contributed by atoms with Crippen molar-refractivity contribution in [2.24, 2.45) is 0 Å². The summed E-state index contributed by atoms with van der Waals surface area (Å²) in [5.74, 6) is 0.911. The van der Waals surface area contributed by atoms with Gasteiger partial charge in [0.15, 0.2) is 0 Å². The zero-order valence-corrected chi connectivity index (χ0v) is 22.8. The molecule has 0 aliphatic carbocycles. The Balaban J connectivity index is 1.37. The fourth-order valence-electron chi connectivity index (χ4n) is 6.68. The maximum Gasteiger partial charge on any atom is 0.138 e. The van der Waals surface area contributed by atoms with Gasteiger partial charge in [0.2, 0.25) is 0 Å². The summed E-state index contributed by atoms with van der Waals surface area (Å²) in [6, 6.07) is 54.1. The quantitative estimate of drug-likeness (QED) is 0.221. The molecule has 0 N–H and O–H groups in total. The molecule has 0 fully saturated rings. The second-order valence-corrected chi connectivity index (χ2v) is 10.8. The average molecular weight is 536 g/mol. The summed E-state index contributed by atoms with van der Waals surface area (Å²) in [4.78, 5) is 5.30. The zero-order chi connectivity index (χ0) is 27.6. The van der Waals surface area contributed by atoms with E-state index in [4.69, 9.17) is 4.98 Å². The van der Waals surface area contributed by atoms with Gasteiger partial charge in [-0.15, -0.1) is 0 Å². The molecule has 6 aromatic carbocycles. The number of benzene rings is 6. The van der Waals surface area contributed by atoms with Crippen molar-refractivity contribution in [3.05, 3.63) is 152 Å². The Bertz CT molecular complexity index is 2460. The molecule has 0 spiro atoms. The van der Waals surface area contributed by atoms with E-state index in [-0.39, 0.29) is 0 Å². The highest BCUT2D eigenvalue weighted by molar-refractivity contribution is 6.19. The third-order valence-corrected chi connectivity index (χ3v) is 8.51. The number of aromatic nitrogens is 3. The van der Waals surface area contributed by atoms with Crippen LogP contribution < -0.4 is 0 Å². The zero-order valence-electron chi connectivity index (χ0n) is 22.8. The molecule has 0 aliphatic rings. The Morgan fingerprint density at radius 2 is 0.976 bits per heavy atom. The van der Waals surface area contributed by atoms with Gasteiger partial charge in [0.05, 0.1) is 27.8 Å². The van der Waals surface area contributed by atoms with Crippen LogP contribution in [0, 0.1) is 0 Å². The highest BCUT2D eigenvalue weighted by Crippen LogP contribution is 2.39. The highest BCUT2D eigenvalue weighted by atomic mass is 15.1. The van der Waals surface area contributed by atoms with E-state index in [1.807, 2.05) is 0 Å². The van der Waals surface area contributed by atoms with Gasteiger partial charge in [-0.2, -0.15) is 0 Å². The summed E-state index contributed by atoms with van der Waals surface area (Å²) < 4.78 is 4.71. The molecule has 0 radical (unpaired) electrons. The minimum atomic E-state index is 0.911. The second kappa shape index (κ2) is 8.92. The molecule has 9 aromatic rings. The molecule has 3 aromatic heterocycles. The van der Waals surface area contributed by atoms with Gasteiger partial charge in [0.25, 0.3) is 0 Å². The van der Waals surface area contributed by atoms with Crippen LogP contribution in [0.3, 0.4) is 0 Å². The molecular formula is C39H25N3. The van der Waals surface area contributed by atoms with Crippen LogP contribution in [0.2, 0.25) is 0 Å². The lowest BCUT2D eigenvalue weighted by Crippen LogP contribution is -1.99. The molecule has 196 valence electrons. The molecule has 9 rings (SSSR count). The van der Waals surface area contributed by atoms with Crippen molar-refractivity contribution in [2.45, 2.75) is 0 Å². The Labute approximate surface area is 242 Å². The van der Waals surface area contributed by atoms with E-state index in [1.165, 1.54) is 43.4 Å². The van der Waals surface area contributed by atoms with Crippen molar-refractivity contribution >= 4 is 54.4 Å². The van der Waals surface area contributed by atoms with Crippen molar-refractivity contribution in [3.8, 4) is 22.8 Å². The van der Waals surface area contributed by atoms with Crippen LogP contribution >= 0.6 is 0 Å². The third kappa shape index (κ3) is 3.31. The molecule has 0 aliphatic heterocycles. The minimum Gasteiger partial charge on any atom is -0.309 e. The van der Waals surface area contributed by atoms with E-state index in [9.17, 15) is 0 Å². The standard InChI is InChI=1S/C39H25N3/c1-2-14-27(15-3-1)41-35-21-8-6-17-30(35)32-24-33-31-18-7-9-22-36(31)42(38(33)25-37(32)41)39-23-11-20-34(40-39)29-19-10-13-26-12-4-5-16-28(26)29/h1-25H. The van der Waals surface area contributed by atoms with Crippen LogP contribution in [0.4, 0.5) is 0 Å². The predicted octanol–water partition coefficient (Wildman–Crippen LogP) is 10.1. The van der Waals surface area contributed by atoms with Gasteiger partial charge in [-0.25, -0.2) is 4.98 Å². The Kier molecular flexibility index (Phi) is 4.90. The smallest absolute Gasteiger partial charge is 0.138 e. The van der Waals surface area contributed by atoms with E-state index in [0.717, 1.165) is 33.8 Å². The normalized spacial score (nSPS) is 11.8. The number of para-hydroxylation sites is 3. The molecule has 0 bridgehead atoms. The average Bonchev–Trinajstić information content (AvgIpc) is 3.56. The summed E-state index contributed by atoms with van der Waals surface area (Å²) >= 11 is 0. The molecule has 3 heteroatoms. The maximum absolute atomic E-state index is 5.30. The van der Waals surface area contributed by atoms with Crippen LogP contribution in [-0.2, 0) is 0 Å². The van der Waals surface area contributed by atoms with Crippen molar-refractivity contribution in [3.63, 3.8) is 0 Å². The number of pyridine rings is 1. The van der Waals surface area contributed by atoms with Crippen molar-refractivity contribution in [2.75, 3.05) is 0 Å². The summed E-state index contributed by atoms with van der Waals surface area (Å²) in [6.07, 6.45) is 0. The number of rotatable bonds is 3. The predicted molar refractivity (Wildman–Crippen MR) is 176 cm³/mol. The summed E-state index contributed by atoms with van der Waals surface area (Å²) in [5, 5.41) is 7.39. The van der Waals surface area contributed by atoms with E-state index in [0.29, 0.717) is 0 Å². The van der Waals surface area contributed by atoms with Crippen LogP contribution in [0.25, 0.3) is 77.1 Å². The highest BCUT2D eigenvalue weighted by Gasteiger charge is 2.19. The number of nitrogens with zero attached hydrogens (tertiary/aromatic N) is 3. The van der Waals surface area contributed by atoms with Gasteiger partial charge >= 0.3 is 0 Å². The van der Waals surface area contributed by atoms with E-state index in [1.54, 1.807) is 0 Å². The van der Waals surface area contributed by atoms with Gasteiger partial charge in [-0.05, 0) is 59.3 Å². The molecule has 3 heterocycles. The largest absolute Gasteiger partial charge is 0.309 e. The van der Waals surface area contributed by atoms with Gasteiger partial charge in [0.1, 0.15) is 5.82 Å². The van der Waals surface area contributed by atoms with Crippen LogP contribution in [0.5, 0.6) is 0 Å². The summed E-state index contributed by atoms with van der Waals surface area (Å²) in [7, 11) is 0. The molecule has 42 heavy (non-hydrogen) atoms. The van der Waals surface area contributed by atoms with Crippen molar-refractivity contribution in [1.82, 2.24) is 14.1 Å². The second-order valence-electron chi connectivity index (χ2n) is 10.8. The first-order chi connectivity index (χ1) is 20.8. The van der Waals surface area contributed by atoms with Gasteiger partial charge < -0.3 is 4.57 Å². The summed E-state index contributed by atoms with van der Waals surface area (Å²) in [5.41, 5.74) is 7.95. The first-order valence-electron chi connectivity index (χ1n) is 14.3. The van der Waals surface area contributed by atoms with Crippen molar-refractivity contribution < 1.29 is 0 Å². The molecule has 0 saturated carbocycles. The topological polar surface area (TPSA) is 22.8 Å². The number of hydrogen-bond acceptors (Lipinski definition) is 1. The van der Waals surface area contributed by atoms with Crippen LogP contribution in [-0.4, -0.2) is 14.1 Å². The number of hydrogen-bond donors (Lipinski definition) is 0. The first-order valence-corrected chi connectivity index (χ1v) is 14.3. The molecule has 0 amide bonds. The first kappa shape index (κ1) is 23.1. The number of fused-ring (bicyclic) bond motifs is 7. The Morgan fingerprint density at radius 3 is 1.76 bits per heavy atom. The van der Waals surface area contributed by atoms with Gasteiger partial charge in [-0.3, -0.25) is 4.57 Å². The van der Waals surface area contributed by atoms with E-state index in [2.05, 4.69) is 161 Å². The molecular weight excluding hydrogens is 510 g/mol. The third-order valence-electron chi connectivity index (χ3n) is 8.51. The molecule has 0 atom stereocenters. The lowest BCUT2D eigenvalue weighted by Gasteiger charge is -2.11. The Morgan fingerprint density at radius 1 is 0.381 bits per heavy atom. The monoisotopic (exact) mass is 535 g/mol. The molecule has 0 unspecified atom stereocenters. The molecule has 3 nitrogen and oxygen atoms in total. The minimum absolute atomic E-state index is 0.911. The Hall–Kier alpha value is -5.67. The lowest BCUT2D eigenvalue weighted by atomic mass is 10.0. The van der Waals surface area contributed by atoms with Crippen molar-refractivity contribution in [1.29, 1.82) is 0 Å².